The summed E-state index contributed by atoms with van der Waals surface area (Å²) in [5.41, 5.74) is 0.910. The van der Waals surface area contributed by atoms with E-state index in [1.807, 2.05) is 30.3 Å². The predicted molar refractivity (Wildman–Crippen MR) is 66.4 cm³/mol. The van der Waals surface area contributed by atoms with Crippen LogP contribution in [0, 0.1) is 0 Å². The molecule has 18 heavy (non-hydrogen) atoms. The number of amides is 1. The molecule has 0 atom stereocenters. The zero-order valence-corrected chi connectivity index (χ0v) is 10.4. The second-order valence-electron chi connectivity index (χ2n) is 3.44. The van der Waals surface area contributed by atoms with Crippen molar-refractivity contribution in [2.24, 2.45) is 4.99 Å². The van der Waals surface area contributed by atoms with Crippen LogP contribution >= 0.6 is 0 Å². The van der Waals surface area contributed by atoms with E-state index in [0.29, 0.717) is 6.42 Å². The number of rotatable bonds is 4. The molecule has 1 aromatic carbocycles. The van der Waals surface area contributed by atoms with Crippen LogP contribution in [0.1, 0.15) is 18.9 Å². The van der Waals surface area contributed by atoms with Crippen molar-refractivity contribution in [2.75, 3.05) is 7.11 Å². The van der Waals surface area contributed by atoms with E-state index in [2.05, 4.69) is 9.73 Å². The van der Waals surface area contributed by atoms with E-state index in [9.17, 15) is 9.59 Å². The SMILES string of the molecule is CCC(=NC(=O)OCc1ccccc1)C(=O)OC. The largest absolute Gasteiger partial charge is 0.465 e. The van der Waals surface area contributed by atoms with Crippen molar-refractivity contribution < 1.29 is 19.1 Å². The van der Waals surface area contributed by atoms with Crippen LogP contribution in [0.3, 0.4) is 0 Å². The molecule has 0 fully saturated rings. The van der Waals surface area contributed by atoms with Crippen molar-refractivity contribution in [1.29, 1.82) is 0 Å². The van der Waals surface area contributed by atoms with E-state index in [4.69, 9.17) is 4.74 Å². The number of nitrogens with zero attached hydrogens (tertiary/aromatic N) is 1. The first kappa shape index (κ1) is 13.9. The highest BCUT2D eigenvalue weighted by Crippen LogP contribution is 2.02. The average Bonchev–Trinajstić information content (AvgIpc) is 2.42. The van der Waals surface area contributed by atoms with Gasteiger partial charge in [0.05, 0.1) is 7.11 Å². The maximum absolute atomic E-state index is 11.4. The summed E-state index contributed by atoms with van der Waals surface area (Å²) in [6, 6.07) is 9.22. The van der Waals surface area contributed by atoms with Crippen LogP contribution < -0.4 is 0 Å². The van der Waals surface area contributed by atoms with Crippen LogP contribution in [0.2, 0.25) is 0 Å². The number of methoxy groups -OCH3 is 1. The number of esters is 1. The molecule has 0 spiro atoms. The van der Waals surface area contributed by atoms with Gasteiger partial charge in [-0.25, -0.2) is 9.59 Å². The van der Waals surface area contributed by atoms with Crippen molar-refractivity contribution in [3.8, 4) is 0 Å². The minimum absolute atomic E-state index is 0.0514. The Bertz CT molecular complexity index is 440. The minimum atomic E-state index is -0.791. The quantitative estimate of drug-likeness (QED) is 0.607. The number of aliphatic imine (C=N–C) groups is 1. The van der Waals surface area contributed by atoms with Crippen molar-refractivity contribution >= 4 is 17.8 Å². The number of benzene rings is 1. The van der Waals surface area contributed by atoms with Gasteiger partial charge in [0.1, 0.15) is 12.3 Å². The van der Waals surface area contributed by atoms with Gasteiger partial charge < -0.3 is 9.47 Å². The Balaban J connectivity index is 2.55. The third kappa shape index (κ3) is 4.37. The summed E-state index contributed by atoms with van der Waals surface area (Å²) < 4.78 is 9.41. The van der Waals surface area contributed by atoms with Gasteiger partial charge in [-0.15, -0.1) is 0 Å². The molecular weight excluding hydrogens is 234 g/mol. The normalized spacial score (nSPS) is 10.9. The number of carbonyl (C=O) groups excluding carboxylic acids is 2. The molecule has 0 aliphatic rings. The van der Waals surface area contributed by atoms with Crippen molar-refractivity contribution in [1.82, 2.24) is 0 Å². The van der Waals surface area contributed by atoms with Crippen LogP contribution in [0.4, 0.5) is 4.79 Å². The summed E-state index contributed by atoms with van der Waals surface area (Å²) in [6.07, 6.45) is -0.478. The molecule has 0 aromatic heterocycles. The number of hydrogen-bond acceptors (Lipinski definition) is 4. The van der Waals surface area contributed by atoms with E-state index >= 15 is 0 Å². The molecule has 0 aliphatic heterocycles. The zero-order chi connectivity index (χ0) is 13.4. The van der Waals surface area contributed by atoms with Crippen molar-refractivity contribution in [2.45, 2.75) is 20.0 Å². The van der Waals surface area contributed by atoms with Gasteiger partial charge >= 0.3 is 12.1 Å². The molecule has 0 saturated carbocycles. The summed E-state index contributed by atoms with van der Waals surface area (Å²) in [7, 11) is 1.24. The van der Waals surface area contributed by atoms with E-state index in [-0.39, 0.29) is 12.3 Å². The van der Waals surface area contributed by atoms with Crippen molar-refractivity contribution in [3.63, 3.8) is 0 Å². The van der Waals surface area contributed by atoms with E-state index in [1.165, 1.54) is 7.11 Å². The summed E-state index contributed by atoms with van der Waals surface area (Å²) >= 11 is 0. The highest BCUT2D eigenvalue weighted by atomic mass is 16.5. The summed E-state index contributed by atoms with van der Waals surface area (Å²) in [5, 5.41) is 0. The van der Waals surface area contributed by atoms with Gasteiger partial charge in [0.2, 0.25) is 0 Å². The molecule has 1 rings (SSSR count). The fourth-order valence-electron chi connectivity index (χ4n) is 1.25. The van der Waals surface area contributed by atoms with E-state index in [0.717, 1.165) is 5.56 Å². The fourth-order valence-corrected chi connectivity index (χ4v) is 1.25. The summed E-state index contributed by atoms with van der Waals surface area (Å²) in [4.78, 5) is 26.1. The predicted octanol–water partition coefficient (Wildman–Crippen LogP) is 2.35. The van der Waals surface area contributed by atoms with Gasteiger partial charge in [0.15, 0.2) is 0 Å². The molecule has 5 heteroatoms. The third-order valence-corrected chi connectivity index (χ3v) is 2.19. The topological polar surface area (TPSA) is 65.0 Å². The third-order valence-electron chi connectivity index (χ3n) is 2.19. The highest BCUT2D eigenvalue weighted by molar-refractivity contribution is 6.37. The van der Waals surface area contributed by atoms with E-state index < -0.39 is 12.1 Å². The Labute approximate surface area is 105 Å². The molecule has 96 valence electrons. The van der Waals surface area contributed by atoms with Crippen LogP contribution in [0.5, 0.6) is 0 Å². The molecule has 0 N–H and O–H groups in total. The standard InChI is InChI=1S/C13H15NO4/c1-3-11(12(15)17-2)14-13(16)18-9-10-7-5-4-6-8-10/h4-8H,3,9H2,1-2H3. The molecule has 0 saturated heterocycles. The first-order valence-corrected chi connectivity index (χ1v) is 5.54. The Morgan fingerprint density at radius 2 is 1.89 bits per heavy atom. The van der Waals surface area contributed by atoms with Gasteiger partial charge in [-0.3, -0.25) is 0 Å². The van der Waals surface area contributed by atoms with Gasteiger partial charge in [-0.2, -0.15) is 4.99 Å². The molecule has 0 radical (unpaired) electrons. The maximum atomic E-state index is 11.4. The van der Waals surface area contributed by atoms with Crippen molar-refractivity contribution in [3.05, 3.63) is 35.9 Å². The molecule has 5 nitrogen and oxygen atoms in total. The number of hydrogen-bond donors (Lipinski definition) is 0. The monoisotopic (exact) mass is 249 g/mol. The fraction of sp³-hybridized carbons (Fsp3) is 0.308. The lowest BCUT2D eigenvalue weighted by Gasteiger charge is -2.03. The molecule has 1 amide bonds. The lowest BCUT2D eigenvalue weighted by Crippen LogP contribution is -2.17. The van der Waals surface area contributed by atoms with Crippen LogP contribution in [-0.2, 0) is 20.9 Å². The smallest absolute Gasteiger partial charge is 0.434 e. The summed E-state index contributed by atoms with van der Waals surface area (Å²) in [5.74, 6) is -0.617. The zero-order valence-electron chi connectivity index (χ0n) is 10.4. The molecule has 0 aliphatic carbocycles. The van der Waals surface area contributed by atoms with Crippen LogP contribution in [0.25, 0.3) is 0 Å². The van der Waals surface area contributed by atoms with Crippen LogP contribution in [0.15, 0.2) is 35.3 Å². The first-order chi connectivity index (χ1) is 8.67. The lowest BCUT2D eigenvalue weighted by atomic mass is 10.2. The second-order valence-corrected chi connectivity index (χ2v) is 3.44. The summed E-state index contributed by atoms with van der Waals surface area (Å²) in [6.45, 7) is 1.83. The molecule has 1 aromatic rings. The van der Waals surface area contributed by atoms with Crippen LogP contribution in [-0.4, -0.2) is 24.9 Å². The van der Waals surface area contributed by atoms with Gasteiger partial charge in [0, 0.05) is 0 Å². The van der Waals surface area contributed by atoms with Gasteiger partial charge in [0.25, 0.3) is 0 Å². The Morgan fingerprint density at radius 1 is 1.22 bits per heavy atom. The average molecular weight is 249 g/mol. The number of carbonyl (C=O) groups is 2. The molecule has 0 unspecified atom stereocenters. The maximum Gasteiger partial charge on any atom is 0.434 e. The van der Waals surface area contributed by atoms with E-state index in [1.54, 1.807) is 6.92 Å². The molecule has 0 heterocycles. The number of ether oxygens (including phenoxy) is 2. The first-order valence-electron chi connectivity index (χ1n) is 5.54. The Hall–Kier alpha value is -2.17. The molecule has 0 bridgehead atoms. The van der Waals surface area contributed by atoms with Gasteiger partial charge in [-0.05, 0) is 12.0 Å². The van der Waals surface area contributed by atoms with Gasteiger partial charge in [-0.1, -0.05) is 37.3 Å². The Morgan fingerprint density at radius 3 is 2.44 bits per heavy atom. The Kier molecular flexibility index (Phi) is 5.57. The second kappa shape index (κ2) is 7.21. The highest BCUT2D eigenvalue weighted by Gasteiger charge is 2.12. The molecular formula is C13H15NO4. The lowest BCUT2D eigenvalue weighted by molar-refractivity contribution is -0.132. The minimum Gasteiger partial charge on any atom is -0.465 e.